The summed E-state index contributed by atoms with van der Waals surface area (Å²) in [5.41, 5.74) is 1.51. The minimum Gasteiger partial charge on any atom is -0.385 e. The molecule has 132 valence electrons. The van der Waals surface area contributed by atoms with Gasteiger partial charge < -0.3 is 10.0 Å². The summed E-state index contributed by atoms with van der Waals surface area (Å²) < 4.78 is 0. The van der Waals surface area contributed by atoms with Gasteiger partial charge in [0.2, 0.25) is 0 Å². The first-order valence-electron chi connectivity index (χ1n) is 9.20. The fourth-order valence-electron chi connectivity index (χ4n) is 4.70. The number of benzene rings is 1. The average molecular weight is 339 g/mol. The van der Waals surface area contributed by atoms with E-state index >= 15 is 0 Å². The molecule has 3 atom stereocenters. The SMILES string of the molecule is Cc1cc(C(=O)N2CCC(O)(c3ccccc3)C3CCCCC32)n[nH]1. The van der Waals surface area contributed by atoms with Gasteiger partial charge in [0, 0.05) is 24.2 Å². The Balaban J connectivity index is 1.65. The molecule has 2 N–H and O–H groups in total. The predicted molar refractivity (Wildman–Crippen MR) is 95.1 cm³/mol. The number of aromatic nitrogens is 2. The van der Waals surface area contributed by atoms with Crippen molar-refractivity contribution in [3.63, 3.8) is 0 Å². The first-order valence-corrected chi connectivity index (χ1v) is 9.20. The second-order valence-electron chi connectivity index (χ2n) is 7.43. The molecular formula is C20H25N3O2. The van der Waals surface area contributed by atoms with Gasteiger partial charge in [-0.15, -0.1) is 0 Å². The van der Waals surface area contributed by atoms with Crippen molar-refractivity contribution < 1.29 is 9.90 Å². The summed E-state index contributed by atoms with van der Waals surface area (Å²) in [5, 5.41) is 18.6. The van der Waals surface area contributed by atoms with E-state index in [9.17, 15) is 9.90 Å². The molecule has 1 aliphatic heterocycles. The van der Waals surface area contributed by atoms with Crippen LogP contribution in [-0.2, 0) is 5.60 Å². The van der Waals surface area contributed by atoms with Gasteiger partial charge in [0.05, 0.1) is 5.60 Å². The Morgan fingerprint density at radius 3 is 2.76 bits per heavy atom. The number of carbonyl (C=O) groups excluding carboxylic acids is 1. The molecule has 3 unspecified atom stereocenters. The van der Waals surface area contributed by atoms with E-state index in [1.165, 1.54) is 0 Å². The van der Waals surface area contributed by atoms with E-state index in [1.54, 1.807) is 6.07 Å². The molecule has 1 amide bonds. The number of hydrogen-bond acceptors (Lipinski definition) is 3. The van der Waals surface area contributed by atoms with Crippen molar-refractivity contribution in [2.24, 2.45) is 5.92 Å². The van der Waals surface area contributed by atoms with Crippen molar-refractivity contribution in [2.75, 3.05) is 6.54 Å². The third-order valence-corrected chi connectivity index (χ3v) is 5.94. The Morgan fingerprint density at radius 1 is 1.28 bits per heavy atom. The number of nitrogens with one attached hydrogen (secondary N) is 1. The minimum atomic E-state index is -0.843. The van der Waals surface area contributed by atoms with Gasteiger partial charge >= 0.3 is 0 Å². The highest BCUT2D eigenvalue weighted by molar-refractivity contribution is 5.92. The number of fused-ring (bicyclic) bond motifs is 1. The molecule has 2 heterocycles. The molecule has 1 saturated carbocycles. The number of rotatable bonds is 2. The van der Waals surface area contributed by atoms with Crippen LogP contribution in [-0.4, -0.2) is 38.7 Å². The first kappa shape index (κ1) is 16.3. The van der Waals surface area contributed by atoms with Crippen LogP contribution in [0.5, 0.6) is 0 Å². The lowest BCUT2D eigenvalue weighted by molar-refractivity contribution is -0.110. The van der Waals surface area contributed by atoms with Crippen molar-refractivity contribution in [2.45, 2.75) is 50.7 Å². The maximum absolute atomic E-state index is 13.0. The highest BCUT2D eigenvalue weighted by Crippen LogP contribution is 2.47. The van der Waals surface area contributed by atoms with Crippen LogP contribution in [0.15, 0.2) is 36.4 Å². The number of carbonyl (C=O) groups is 1. The summed E-state index contributed by atoms with van der Waals surface area (Å²) in [7, 11) is 0. The highest BCUT2D eigenvalue weighted by atomic mass is 16.3. The van der Waals surface area contributed by atoms with Crippen LogP contribution in [0, 0.1) is 12.8 Å². The standard InChI is InChI=1S/C20H25N3O2/c1-14-13-17(22-21-14)19(24)23-12-11-20(25,15-7-3-2-4-8-15)16-9-5-6-10-18(16)23/h2-4,7-8,13,16,18,25H,5-6,9-12H2,1H3,(H,21,22). The molecule has 25 heavy (non-hydrogen) atoms. The number of amides is 1. The van der Waals surface area contributed by atoms with E-state index in [1.807, 2.05) is 42.2 Å². The molecule has 1 aromatic carbocycles. The molecule has 1 aliphatic carbocycles. The second kappa shape index (κ2) is 6.30. The molecule has 0 radical (unpaired) electrons. The van der Waals surface area contributed by atoms with Crippen LogP contribution in [0.1, 0.15) is 53.8 Å². The van der Waals surface area contributed by atoms with E-state index in [2.05, 4.69) is 10.2 Å². The van der Waals surface area contributed by atoms with E-state index in [0.29, 0.717) is 18.7 Å². The van der Waals surface area contributed by atoms with Crippen molar-refractivity contribution >= 4 is 5.91 Å². The van der Waals surface area contributed by atoms with Crippen LogP contribution < -0.4 is 0 Å². The predicted octanol–water partition coefficient (Wildman–Crippen LogP) is 3.01. The lowest BCUT2D eigenvalue weighted by atomic mass is 9.66. The van der Waals surface area contributed by atoms with Crippen LogP contribution in [0.25, 0.3) is 0 Å². The number of piperidine rings is 1. The van der Waals surface area contributed by atoms with Gasteiger partial charge in [-0.25, -0.2) is 0 Å². The Bertz CT molecular complexity index is 757. The topological polar surface area (TPSA) is 69.2 Å². The molecule has 1 saturated heterocycles. The molecular weight excluding hydrogens is 314 g/mol. The molecule has 2 aromatic rings. The first-order chi connectivity index (χ1) is 12.1. The Morgan fingerprint density at radius 2 is 2.04 bits per heavy atom. The van der Waals surface area contributed by atoms with Crippen LogP contribution in [0.3, 0.4) is 0 Å². The summed E-state index contributed by atoms with van der Waals surface area (Å²) >= 11 is 0. The van der Waals surface area contributed by atoms with E-state index in [4.69, 9.17) is 0 Å². The molecule has 0 bridgehead atoms. The zero-order chi connectivity index (χ0) is 17.4. The van der Waals surface area contributed by atoms with Gasteiger partial charge in [0.1, 0.15) is 5.69 Å². The number of aromatic amines is 1. The number of likely N-dealkylation sites (tertiary alicyclic amines) is 1. The van der Waals surface area contributed by atoms with Gasteiger partial charge in [-0.2, -0.15) is 5.10 Å². The number of H-pyrrole nitrogens is 1. The lowest BCUT2D eigenvalue weighted by Crippen LogP contribution is -2.59. The van der Waals surface area contributed by atoms with Crippen molar-refractivity contribution in [1.29, 1.82) is 0 Å². The van der Waals surface area contributed by atoms with Crippen molar-refractivity contribution in [1.82, 2.24) is 15.1 Å². The normalized spacial score (nSPS) is 29.3. The highest BCUT2D eigenvalue weighted by Gasteiger charge is 2.50. The van der Waals surface area contributed by atoms with E-state index in [0.717, 1.165) is 36.9 Å². The summed E-state index contributed by atoms with van der Waals surface area (Å²) in [6.07, 6.45) is 4.71. The number of hydrogen-bond donors (Lipinski definition) is 2. The Kier molecular flexibility index (Phi) is 4.12. The maximum atomic E-state index is 13.0. The largest absolute Gasteiger partial charge is 0.385 e. The second-order valence-corrected chi connectivity index (χ2v) is 7.43. The summed E-state index contributed by atoms with van der Waals surface area (Å²) in [6, 6.07) is 11.9. The summed E-state index contributed by atoms with van der Waals surface area (Å²) in [5.74, 6) is 0.0674. The van der Waals surface area contributed by atoms with Gasteiger partial charge in [-0.1, -0.05) is 43.2 Å². The number of aryl methyl sites for hydroxylation is 1. The van der Waals surface area contributed by atoms with Crippen LogP contribution in [0.4, 0.5) is 0 Å². The van der Waals surface area contributed by atoms with Crippen molar-refractivity contribution in [3.8, 4) is 0 Å². The van der Waals surface area contributed by atoms with Gasteiger partial charge in [-0.05, 0) is 37.8 Å². The van der Waals surface area contributed by atoms with Gasteiger partial charge in [-0.3, -0.25) is 9.89 Å². The zero-order valence-corrected chi connectivity index (χ0v) is 14.6. The molecule has 5 nitrogen and oxygen atoms in total. The number of nitrogens with zero attached hydrogens (tertiary/aromatic N) is 2. The lowest BCUT2D eigenvalue weighted by Gasteiger charge is -2.52. The fourth-order valence-corrected chi connectivity index (χ4v) is 4.70. The summed E-state index contributed by atoms with van der Waals surface area (Å²) in [6.45, 7) is 2.47. The number of aliphatic hydroxyl groups is 1. The van der Waals surface area contributed by atoms with Crippen LogP contribution in [0.2, 0.25) is 0 Å². The molecule has 2 fully saturated rings. The third-order valence-electron chi connectivity index (χ3n) is 5.94. The third kappa shape index (κ3) is 2.76. The van der Waals surface area contributed by atoms with Crippen LogP contribution >= 0.6 is 0 Å². The molecule has 5 heteroatoms. The minimum absolute atomic E-state index is 0.0173. The van der Waals surface area contributed by atoms with E-state index in [-0.39, 0.29) is 17.9 Å². The quantitative estimate of drug-likeness (QED) is 0.884. The average Bonchev–Trinajstić information content (AvgIpc) is 3.09. The molecule has 4 rings (SSSR count). The maximum Gasteiger partial charge on any atom is 0.274 e. The van der Waals surface area contributed by atoms with Gasteiger partial charge in [0.15, 0.2) is 0 Å². The Labute approximate surface area is 148 Å². The van der Waals surface area contributed by atoms with Gasteiger partial charge in [0.25, 0.3) is 5.91 Å². The van der Waals surface area contributed by atoms with Crippen molar-refractivity contribution in [3.05, 3.63) is 53.3 Å². The molecule has 1 aromatic heterocycles. The summed E-state index contributed by atoms with van der Waals surface area (Å²) in [4.78, 5) is 14.9. The molecule has 0 spiro atoms. The smallest absolute Gasteiger partial charge is 0.274 e. The Hall–Kier alpha value is -2.14. The monoisotopic (exact) mass is 339 g/mol. The fraction of sp³-hybridized carbons (Fsp3) is 0.500. The molecule has 2 aliphatic rings. The zero-order valence-electron chi connectivity index (χ0n) is 14.6. The van der Waals surface area contributed by atoms with E-state index < -0.39 is 5.60 Å².